The molecule has 0 spiro atoms. The van der Waals surface area contributed by atoms with Gasteiger partial charge in [-0.25, -0.2) is 9.78 Å². The normalized spacial score (nSPS) is 9.63. The molecule has 1 aromatic rings. The molecule has 0 saturated heterocycles. The lowest BCUT2D eigenvalue weighted by Gasteiger charge is -2.06. The summed E-state index contributed by atoms with van der Waals surface area (Å²) in [6.07, 6.45) is 1.20. The van der Waals surface area contributed by atoms with E-state index in [1.807, 2.05) is 0 Å². The van der Waals surface area contributed by atoms with E-state index in [0.717, 1.165) is 6.07 Å². The minimum Gasteiger partial charge on any atom is -0.480 e. The van der Waals surface area contributed by atoms with Gasteiger partial charge in [0.15, 0.2) is 0 Å². The number of carboxylic acids is 1. The molecule has 0 amide bonds. The average Bonchev–Trinajstić information content (AvgIpc) is 2.38. The first-order valence-electron chi connectivity index (χ1n) is 5.12. The second kappa shape index (κ2) is 6.87. The van der Waals surface area contributed by atoms with Crippen LogP contribution in [-0.4, -0.2) is 40.7 Å². The number of hydrogen-bond acceptors (Lipinski definition) is 7. The van der Waals surface area contributed by atoms with Crippen molar-refractivity contribution < 1.29 is 19.6 Å². The van der Waals surface area contributed by atoms with Gasteiger partial charge in [-0.05, 0) is 0 Å². The second-order valence-electron chi connectivity index (χ2n) is 3.33. The third kappa shape index (κ3) is 4.57. The van der Waals surface area contributed by atoms with Crippen LogP contribution < -0.4 is 5.32 Å². The number of nitrogens with one attached hydrogen (secondary N) is 1. The van der Waals surface area contributed by atoms with E-state index in [1.165, 1.54) is 6.20 Å². The summed E-state index contributed by atoms with van der Waals surface area (Å²) in [4.78, 5) is 24.0. The zero-order valence-electron chi connectivity index (χ0n) is 9.70. The van der Waals surface area contributed by atoms with Gasteiger partial charge in [0, 0.05) is 18.8 Å². The summed E-state index contributed by atoms with van der Waals surface area (Å²) >= 11 is 0. The number of nitro groups is 1. The maximum Gasteiger partial charge on any atom is 0.329 e. The first-order valence-corrected chi connectivity index (χ1v) is 5.12. The lowest BCUT2D eigenvalue weighted by molar-refractivity contribution is -0.384. The second-order valence-corrected chi connectivity index (χ2v) is 3.33. The maximum atomic E-state index is 10.8. The molecule has 0 saturated carbocycles. The highest BCUT2D eigenvalue weighted by atomic mass is 16.6. The van der Waals surface area contributed by atoms with E-state index in [9.17, 15) is 14.9 Å². The smallest absolute Gasteiger partial charge is 0.329 e. The molecule has 0 unspecified atom stereocenters. The minimum atomic E-state index is -1.09. The Bertz CT molecular complexity index is 525. The topological polar surface area (TPSA) is 138 Å². The Labute approximate surface area is 107 Å². The standard InChI is InChI=1S/C10H10N4O5/c11-4-7-3-8(14(17)18)10(13-5-7)12-1-2-19-6-9(15)16/h3,5H,1-2,6H2,(H,12,13)(H,15,16). The molecule has 1 aromatic heterocycles. The molecular weight excluding hydrogens is 256 g/mol. The molecule has 0 fully saturated rings. The van der Waals surface area contributed by atoms with Crippen molar-refractivity contribution in [3.8, 4) is 6.07 Å². The van der Waals surface area contributed by atoms with E-state index >= 15 is 0 Å². The maximum absolute atomic E-state index is 10.8. The van der Waals surface area contributed by atoms with Crippen LogP contribution in [0.2, 0.25) is 0 Å². The highest BCUT2D eigenvalue weighted by molar-refractivity contribution is 5.68. The number of rotatable bonds is 7. The summed E-state index contributed by atoms with van der Waals surface area (Å²) in [5.41, 5.74) is -0.239. The Kier molecular flexibility index (Phi) is 5.18. The Balaban J connectivity index is 2.60. The van der Waals surface area contributed by atoms with Gasteiger partial charge in [-0.15, -0.1) is 0 Å². The van der Waals surface area contributed by atoms with Gasteiger partial charge in [-0.2, -0.15) is 5.26 Å². The van der Waals surface area contributed by atoms with Crippen molar-refractivity contribution in [1.82, 2.24) is 4.98 Å². The summed E-state index contributed by atoms with van der Waals surface area (Å²) in [6.45, 7) is -0.220. The number of nitriles is 1. The van der Waals surface area contributed by atoms with Crippen LogP contribution in [0.3, 0.4) is 0 Å². The van der Waals surface area contributed by atoms with Gasteiger partial charge in [0.2, 0.25) is 5.82 Å². The number of anilines is 1. The van der Waals surface area contributed by atoms with Crippen molar-refractivity contribution in [2.75, 3.05) is 25.1 Å². The molecule has 0 aliphatic heterocycles. The van der Waals surface area contributed by atoms with Gasteiger partial charge >= 0.3 is 11.7 Å². The predicted molar refractivity (Wildman–Crippen MR) is 62.6 cm³/mol. The van der Waals surface area contributed by atoms with Gasteiger partial charge < -0.3 is 15.2 Å². The third-order valence-corrected chi connectivity index (χ3v) is 1.96. The monoisotopic (exact) mass is 266 g/mol. The zero-order valence-corrected chi connectivity index (χ0v) is 9.70. The molecule has 9 heteroatoms. The number of pyridine rings is 1. The van der Waals surface area contributed by atoms with E-state index < -0.39 is 17.5 Å². The van der Waals surface area contributed by atoms with Crippen molar-refractivity contribution >= 4 is 17.5 Å². The molecule has 0 atom stereocenters. The summed E-state index contributed by atoms with van der Waals surface area (Å²) in [5, 5.41) is 30.4. The summed E-state index contributed by atoms with van der Waals surface area (Å²) in [5.74, 6) is -1.09. The molecule has 0 aromatic carbocycles. The fraction of sp³-hybridized carbons (Fsp3) is 0.300. The van der Waals surface area contributed by atoms with Crippen LogP contribution >= 0.6 is 0 Å². The lowest BCUT2D eigenvalue weighted by Crippen LogP contribution is -2.15. The third-order valence-electron chi connectivity index (χ3n) is 1.96. The molecule has 0 aliphatic carbocycles. The largest absolute Gasteiger partial charge is 0.480 e. The number of carbonyl (C=O) groups is 1. The van der Waals surface area contributed by atoms with Crippen molar-refractivity contribution in [1.29, 1.82) is 5.26 Å². The van der Waals surface area contributed by atoms with Crippen LogP contribution in [0.4, 0.5) is 11.5 Å². The van der Waals surface area contributed by atoms with E-state index in [1.54, 1.807) is 6.07 Å². The number of nitrogens with zero attached hydrogens (tertiary/aromatic N) is 3. The number of hydrogen-bond donors (Lipinski definition) is 2. The van der Waals surface area contributed by atoms with Crippen LogP contribution in [0.1, 0.15) is 5.56 Å². The Morgan fingerprint density at radius 1 is 1.68 bits per heavy atom. The van der Waals surface area contributed by atoms with Gasteiger partial charge in [-0.3, -0.25) is 10.1 Å². The fourth-order valence-electron chi connectivity index (χ4n) is 1.19. The Morgan fingerprint density at radius 2 is 2.42 bits per heavy atom. The summed E-state index contributed by atoms with van der Waals surface area (Å²) < 4.78 is 4.75. The first kappa shape index (κ1) is 14.3. The van der Waals surface area contributed by atoms with Crippen molar-refractivity contribution in [3.05, 3.63) is 27.9 Å². The molecule has 100 valence electrons. The van der Waals surface area contributed by atoms with Crippen LogP contribution in [0.15, 0.2) is 12.3 Å². The molecular formula is C10H10N4O5. The van der Waals surface area contributed by atoms with Crippen molar-refractivity contribution in [2.24, 2.45) is 0 Å². The molecule has 1 rings (SSSR count). The first-order chi connectivity index (χ1) is 9.04. The summed E-state index contributed by atoms with van der Waals surface area (Å²) in [7, 11) is 0. The number of ether oxygens (including phenoxy) is 1. The van der Waals surface area contributed by atoms with E-state index in [0.29, 0.717) is 0 Å². The number of aromatic nitrogens is 1. The quantitative estimate of drug-likeness (QED) is 0.410. The number of aliphatic carboxylic acids is 1. The van der Waals surface area contributed by atoms with Crippen LogP contribution in [0, 0.1) is 21.4 Å². The molecule has 9 nitrogen and oxygen atoms in total. The van der Waals surface area contributed by atoms with Gasteiger partial charge in [0.1, 0.15) is 12.7 Å². The zero-order chi connectivity index (χ0) is 14.3. The Hall–Kier alpha value is -2.73. The fourth-order valence-corrected chi connectivity index (χ4v) is 1.19. The van der Waals surface area contributed by atoms with E-state index in [2.05, 4.69) is 10.3 Å². The lowest BCUT2D eigenvalue weighted by atomic mass is 10.3. The van der Waals surface area contributed by atoms with Crippen LogP contribution in [0.5, 0.6) is 0 Å². The highest BCUT2D eigenvalue weighted by Gasteiger charge is 2.15. The Morgan fingerprint density at radius 3 is 3.00 bits per heavy atom. The van der Waals surface area contributed by atoms with Crippen LogP contribution in [-0.2, 0) is 9.53 Å². The minimum absolute atomic E-state index is 0.00271. The van der Waals surface area contributed by atoms with Crippen molar-refractivity contribution in [3.63, 3.8) is 0 Å². The molecule has 2 N–H and O–H groups in total. The van der Waals surface area contributed by atoms with Crippen LogP contribution in [0.25, 0.3) is 0 Å². The molecule has 0 bridgehead atoms. The molecule has 0 radical (unpaired) electrons. The molecule has 1 heterocycles. The van der Waals surface area contributed by atoms with E-state index in [-0.39, 0.29) is 30.2 Å². The highest BCUT2D eigenvalue weighted by Crippen LogP contribution is 2.21. The molecule has 19 heavy (non-hydrogen) atoms. The van der Waals surface area contributed by atoms with Gasteiger partial charge in [0.05, 0.1) is 17.1 Å². The van der Waals surface area contributed by atoms with Crippen molar-refractivity contribution in [2.45, 2.75) is 0 Å². The van der Waals surface area contributed by atoms with E-state index in [4.69, 9.17) is 15.1 Å². The number of carboxylic acid groups (broad SMARTS) is 1. The molecule has 0 aliphatic rings. The van der Waals surface area contributed by atoms with Gasteiger partial charge in [0.25, 0.3) is 0 Å². The SMILES string of the molecule is N#Cc1cnc(NCCOCC(=O)O)c([N+](=O)[O-])c1. The van der Waals surface area contributed by atoms with Gasteiger partial charge in [-0.1, -0.05) is 0 Å². The predicted octanol–water partition coefficient (Wildman–Crippen LogP) is 0.375. The average molecular weight is 266 g/mol. The summed E-state index contributed by atoms with van der Waals surface area (Å²) in [6, 6.07) is 2.86.